The highest BCUT2D eigenvalue weighted by Gasteiger charge is 2.41. The maximum absolute atomic E-state index is 13.5. The predicted octanol–water partition coefficient (Wildman–Crippen LogP) is 2.84. The number of carbonyl (C=O) groups is 8. The molecular formula is C36H37N3O15. The Labute approximate surface area is 308 Å². The van der Waals surface area contributed by atoms with Gasteiger partial charge in [0, 0.05) is 30.5 Å². The number of hydrogen-bond donors (Lipinski definition) is 4. The van der Waals surface area contributed by atoms with Gasteiger partial charge in [0.2, 0.25) is 18.1 Å². The lowest BCUT2D eigenvalue weighted by Crippen LogP contribution is -2.54. The number of anilines is 1. The Morgan fingerprint density at radius 1 is 0.611 bits per heavy atom. The summed E-state index contributed by atoms with van der Waals surface area (Å²) < 4.78 is 30.7. The molecule has 18 heteroatoms. The number of carbonyl (C=O) groups excluding carboxylic acids is 7. The molecule has 4 N–H and O–H groups in total. The molecule has 0 heterocycles. The second-order valence-electron chi connectivity index (χ2n) is 12.1. The molecule has 0 saturated heterocycles. The molecule has 0 unspecified atom stereocenters. The van der Waals surface area contributed by atoms with E-state index in [0.717, 1.165) is 38.1 Å². The van der Waals surface area contributed by atoms with E-state index in [1.165, 1.54) is 50.6 Å². The number of ether oxygens (including phenoxy) is 6. The Bertz CT molecular complexity index is 1950. The molecule has 0 bridgehead atoms. The normalized spacial score (nSPS) is 11.8. The summed E-state index contributed by atoms with van der Waals surface area (Å²) in [5.41, 5.74) is 3.06. The van der Waals surface area contributed by atoms with Gasteiger partial charge in [-0.2, -0.15) is 0 Å². The number of carboxylic acid groups (broad SMARTS) is 1. The molecule has 3 amide bonds. The third-order valence-corrected chi connectivity index (χ3v) is 6.94. The van der Waals surface area contributed by atoms with Crippen LogP contribution >= 0.6 is 0 Å². The average Bonchev–Trinajstić information content (AvgIpc) is 3.11. The Morgan fingerprint density at radius 3 is 1.46 bits per heavy atom. The Kier molecular flexibility index (Phi) is 13.8. The van der Waals surface area contributed by atoms with E-state index in [1.54, 1.807) is 20.8 Å². The molecule has 0 saturated carbocycles. The zero-order valence-corrected chi connectivity index (χ0v) is 30.1. The van der Waals surface area contributed by atoms with Gasteiger partial charge in [-0.15, -0.1) is 0 Å². The van der Waals surface area contributed by atoms with Crippen LogP contribution in [-0.4, -0.2) is 79.1 Å². The smallest absolute Gasteiger partial charge is 0.349 e. The standard InChI is InChI=1S/C36H37N3O15/c1-18(40)51-24-14-10-21(16-26(24)49-6)33(46)53-28(29(32(44)45)54-34(47)22-11-15-25(52-19(2)41)27(17-22)50-7)31(43)39-38-30(42)20-8-12-23(13-9-20)37-35(48)36(3,4)5/h8-17,28-29H,1-7H3,(H,37,48)(H,38,42)(H,39,43)(H,44,45)/t28-,29+/m1/s1. The van der Waals surface area contributed by atoms with Crippen molar-refractivity contribution < 1.29 is 71.9 Å². The van der Waals surface area contributed by atoms with E-state index in [-0.39, 0.29) is 45.6 Å². The molecule has 18 nitrogen and oxygen atoms in total. The minimum Gasteiger partial charge on any atom is -0.493 e. The van der Waals surface area contributed by atoms with Crippen molar-refractivity contribution in [2.24, 2.45) is 5.41 Å². The molecule has 286 valence electrons. The zero-order chi connectivity index (χ0) is 40.3. The van der Waals surface area contributed by atoms with Crippen LogP contribution in [0.15, 0.2) is 60.7 Å². The molecule has 0 fully saturated rings. The van der Waals surface area contributed by atoms with E-state index in [1.807, 2.05) is 5.43 Å². The summed E-state index contributed by atoms with van der Waals surface area (Å²) in [6.45, 7) is 7.40. The fraction of sp³-hybridized carbons (Fsp3) is 0.278. The van der Waals surface area contributed by atoms with Gasteiger partial charge in [-0.05, 0) is 60.7 Å². The van der Waals surface area contributed by atoms with Crippen molar-refractivity contribution in [1.82, 2.24) is 10.9 Å². The van der Waals surface area contributed by atoms with Crippen molar-refractivity contribution >= 4 is 53.3 Å². The highest BCUT2D eigenvalue weighted by molar-refractivity contribution is 6.00. The van der Waals surface area contributed by atoms with Gasteiger partial charge in [0.25, 0.3) is 11.8 Å². The van der Waals surface area contributed by atoms with Crippen molar-refractivity contribution in [1.29, 1.82) is 0 Å². The largest absolute Gasteiger partial charge is 0.493 e. The summed E-state index contributed by atoms with van der Waals surface area (Å²) in [7, 11) is 2.41. The zero-order valence-electron chi connectivity index (χ0n) is 30.1. The maximum Gasteiger partial charge on any atom is 0.349 e. The summed E-state index contributed by atoms with van der Waals surface area (Å²) in [6, 6.07) is 12.2. The van der Waals surface area contributed by atoms with Crippen LogP contribution in [-0.2, 0) is 33.4 Å². The van der Waals surface area contributed by atoms with E-state index in [2.05, 4.69) is 10.7 Å². The summed E-state index contributed by atoms with van der Waals surface area (Å²) in [5.74, 6) is -8.99. The summed E-state index contributed by atoms with van der Waals surface area (Å²) in [6.07, 6.45) is -4.97. The lowest BCUT2D eigenvalue weighted by atomic mass is 9.95. The van der Waals surface area contributed by atoms with Crippen LogP contribution in [0.25, 0.3) is 0 Å². The van der Waals surface area contributed by atoms with Crippen LogP contribution in [0, 0.1) is 5.41 Å². The highest BCUT2D eigenvalue weighted by atomic mass is 16.6. The van der Waals surface area contributed by atoms with Gasteiger partial charge in [-0.1, -0.05) is 20.8 Å². The average molecular weight is 752 g/mol. The monoisotopic (exact) mass is 751 g/mol. The quantitative estimate of drug-likeness (QED) is 0.111. The molecule has 0 aromatic heterocycles. The minimum atomic E-state index is -2.52. The van der Waals surface area contributed by atoms with Gasteiger partial charge in [-0.3, -0.25) is 34.8 Å². The van der Waals surface area contributed by atoms with Crippen molar-refractivity contribution in [3.8, 4) is 23.0 Å². The molecule has 3 aromatic carbocycles. The van der Waals surface area contributed by atoms with E-state index in [9.17, 15) is 43.5 Å². The Balaban J connectivity index is 1.91. The summed E-state index contributed by atoms with van der Waals surface area (Å²) in [5, 5.41) is 12.8. The van der Waals surface area contributed by atoms with Crippen LogP contribution in [0.1, 0.15) is 65.7 Å². The molecule has 3 aromatic rings. The lowest BCUT2D eigenvalue weighted by Gasteiger charge is -2.24. The lowest BCUT2D eigenvalue weighted by molar-refractivity contribution is -0.159. The van der Waals surface area contributed by atoms with Crippen LogP contribution in [0.4, 0.5) is 5.69 Å². The Hall–Kier alpha value is -6.98. The predicted molar refractivity (Wildman–Crippen MR) is 185 cm³/mol. The molecule has 3 rings (SSSR count). The first-order valence-electron chi connectivity index (χ1n) is 15.7. The van der Waals surface area contributed by atoms with E-state index in [0.29, 0.717) is 5.69 Å². The second-order valence-corrected chi connectivity index (χ2v) is 12.1. The number of hydrogen-bond acceptors (Lipinski definition) is 14. The number of rotatable bonds is 13. The first kappa shape index (κ1) is 41.4. The third-order valence-electron chi connectivity index (χ3n) is 6.94. The second kappa shape index (κ2) is 18.0. The number of nitrogens with one attached hydrogen (secondary N) is 3. The number of methoxy groups -OCH3 is 2. The molecular weight excluding hydrogens is 714 g/mol. The first-order valence-corrected chi connectivity index (χ1v) is 15.7. The van der Waals surface area contributed by atoms with Crippen LogP contribution in [0.3, 0.4) is 0 Å². The van der Waals surface area contributed by atoms with Gasteiger partial charge >= 0.3 is 29.8 Å². The molecule has 0 aliphatic carbocycles. The molecule has 54 heavy (non-hydrogen) atoms. The fourth-order valence-electron chi connectivity index (χ4n) is 4.21. The Morgan fingerprint density at radius 2 is 1.06 bits per heavy atom. The van der Waals surface area contributed by atoms with Gasteiger partial charge in [0.15, 0.2) is 23.0 Å². The van der Waals surface area contributed by atoms with Gasteiger partial charge in [-0.25, -0.2) is 14.4 Å². The number of amides is 3. The number of esters is 4. The minimum absolute atomic E-state index is 0.00933. The van der Waals surface area contributed by atoms with Crippen molar-refractivity contribution in [2.45, 2.75) is 46.8 Å². The van der Waals surface area contributed by atoms with E-state index in [4.69, 9.17) is 28.4 Å². The summed E-state index contributed by atoms with van der Waals surface area (Å²) in [4.78, 5) is 100. The van der Waals surface area contributed by atoms with E-state index < -0.39 is 59.3 Å². The van der Waals surface area contributed by atoms with E-state index >= 15 is 0 Å². The molecule has 0 aliphatic rings. The molecule has 0 spiro atoms. The fourth-order valence-corrected chi connectivity index (χ4v) is 4.21. The van der Waals surface area contributed by atoms with Crippen molar-refractivity contribution in [3.63, 3.8) is 0 Å². The number of carboxylic acids is 1. The van der Waals surface area contributed by atoms with Gasteiger partial charge in [0.05, 0.1) is 25.3 Å². The first-order chi connectivity index (χ1) is 25.3. The van der Waals surface area contributed by atoms with Crippen molar-refractivity contribution in [3.05, 3.63) is 77.4 Å². The van der Waals surface area contributed by atoms with Crippen molar-refractivity contribution in [2.75, 3.05) is 19.5 Å². The molecule has 0 radical (unpaired) electrons. The number of hydrazine groups is 1. The SMILES string of the molecule is COc1cc(C(=O)O[C@H](C(=O)O)[C@@H](OC(=O)c2ccc(OC(C)=O)c(OC)c2)C(=O)NNC(=O)c2ccc(NC(=O)C(C)(C)C)cc2)ccc1OC(C)=O. The maximum atomic E-state index is 13.5. The van der Waals surface area contributed by atoms with Crippen LogP contribution < -0.4 is 35.1 Å². The van der Waals surface area contributed by atoms with Crippen LogP contribution in [0.5, 0.6) is 23.0 Å². The summed E-state index contributed by atoms with van der Waals surface area (Å²) >= 11 is 0. The van der Waals surface area contributed by atoms with Crippen LogP contribution in [0.2, 0.25) is 0 Å². The van der Waals surface area contributed by atoms with Gasteiger partial charge in [0.1, 0.15) is 0 Å². The molecule has 0 aliphatic heterocycles. The molecule has 2 atom stereocenters. The number of benzene rings is 3. The van der Waals surface area contributed by atoms with Gasteiger partial charge < -0.3 is 38.8 Å². The third kappa shape index (κ3) is 11.3. The topological polar surface area (TPSA) is 248 Å². The highest BCUT2D eigenvalue weighted by Crippen LogP contribution is 2.30. The number of aliphatic carboxylic acids is 1.